The molecule has 0 aliphatic heterocycles. The van der Waals surface area contributed by atoms with E-state index in [4.69, 9.17) is 4.74 Å². The number of carbonyl (C=O) groups excluding carboxylic acids is 1. The van der Waals surface area contributed by atoms with Gasteiger partial charge in [0.15, 0.2) is 0 Å². The highest BCUT2D eigenvalue weighted by molar-refractivity contribution is 5.77. The number of hydrogen-bond donors (Lipinski definition) is 2. The van der Waals surface area contributed by atoms with Crippen LogP contribution in [0.4, 0.5) is 0 Å². The molecule has 0 unspecified atom stereocenters. The van der Waals surface area contributed by atoms with Crippen molar-refractivity contribution >= 4 is 5.97 Å². The zero-order valence-electron chi connectivity index (χ0n) is 10.0. The molecular weight excluding hydrogens is 196 g/mol. The molecule has 0 spiro atoms. The lowest BCUT2D eigenvalue weighted by molar-refractivity contribution is -0.221. The molecule has 90 valence electrons. The lowest BCUT2D eigenvalue weighted by Crippen LogP contribution is -2.43. The van der Waals surface area contributed by atoms with E-state index in [1.165, 1.54) is 0 Å². The van der Waals surface area contributed by atoms with Crippen LogP contribution in [0, 0.1) is 0 Å². The van der Waals surface area contributed by atoms with Crippen molar-refractivity contribution in [3.8, 4) is 0 Å². The first kappa shape index (κ1) is 14.4. The number of esters is 1. The highest BCUT2D eigenvalue weighted by atomic mass is 16.6. The lowest BCUT2D eigenvalue weighted by atomic mass is 10.1. The Morgan fingerprint density at radius 2 is 1.73 bits per heavy atom. The number of carbonyl (C=O) groups is 1. The minimum absolute atomic E-state index is 0.0236. The Morgan fingerprint density at radius 3 is 2.13 bits per heavy atom. The Labute approximate surface area is 91.3 Å². The summed E-state index contributed by atoms with van der Waals surface area (Å²) in [4.78, 5) is 11.4. The van der Waals surface area contributed by atoms with E-state index in [9.17, 15) is 15.0 Å². The van der Waals surface area contributed by atoms with E-state index in [2.05, 4.69) is 0 Å². The van der Waals surface area contributed by atoms with Gasteiger partial charge in [0, 0.05) is 6.42 Å². The van der Waals surface area contributed by atoms with Crippen molar-refractivity contribution in [2.45, 2.75) is 64.8 Å². The van der Waals surface area contributed by atoms with Crippen molar-refractivity contribution in [2.75, 3.05) is 0 Å². The predicted octanol–water partition coefficient (Wildman–Crippen LogP) is 1.59. The van der Waals surface area contributed by atoms with Crippen LogP contribution in [0.15, 0.2) is 0 Å². The van der Waals surface area contributed by atoms with Crippen LogP contribution in [0.3, 0.4) is 0 Å². The van der Waals surface area contributed by atoms with Gasteiger partial charge in [0.1, 0.15) is 5.60 Å². The van der Waals surface area contributed by atoms with E-state index < -0.39 is 17.4 Å². The second-order valence-electron chi connectivity index (χ2n) is 4.78. The summed E-state index contributed by atoms with van der Waals surface area (Å²) in [6, 6.07) is 0. The van der Waals surface area contributed by atoms with E-state index in [0.29, 0.717) is 6.42 Å². The minimum atomic E-state index is -2.34. The second-order valence-corrected chi connectivity index (χ2v) is 4.78. The zero-order chi connectivity index (χ0) is 12.1. The molecule has 0 aliphatic carbocycles. The van der Waals surface area contributed by atoms with Gasteiger partial charge in [-0.15, -0.1) is 0 Å². The van der Waals surface area contributed by atoms with Crippen LogP contribution in [-0.2, 0) is 9.53 Å². The summed E-state index contributed by atoms with van der Waals surface area (Å²) in [6.07, 6.45) is 2.45. The molecule has 4 heteroatoms. The molecule has 0 aromatic heterocycles. The van der Waals surface area contributed by atoms with Crippen LogP contribution >= 0.6 is 0 Å². The molecule has 0 atom stereocenters. The van der Waals surface area contributed by atoms with Gasteiger partial charge in [-0.2, -0.15) is 0 Å². The molecule has 0 rings (SSSR count). The van der Waals surface area contributed by atoms with Crippen molar-refractivity contribution in [1.29, 1.82) is 0 Å². The molecule has 0 saturated heterocycles. The summed E-state index contributed by atoms with van der Waals surface area (Å²) < 4.78 is 4.89. The highest BCUT2D eigenvalue weighted by Crippen LogP contribution is 2.18. The first-order chi connectivity index (χ1) is 6.69. The molecule has 15 heavy (non-hydrogen) atoms. The molecular formula is C11H22O4. The fourth-order valence-electron chi connectivity index (χ4n) is 1.08. The van der Waals surface area contributed by atoms with Crippen molar-refractivity contribution in [3.05, 3.63) is 0 Å². The van der Waals surface area contributed by atoms with Crippen LogP contribution in [-0.4, -0.2) is 27.6 Å². The van der Waals surface area contributed by atoms with Gasteiger partial charge < -0.3 is 14.9 Å². The molecule has 0 heterocycles. The fourth-order valence-corrected chi connectivity index (χ4v) is 1.08. The van der Waals surface area contributed by atoms with Gasteiger partial charge in [-0.3, -0.25) is 0 Å². The first-order valence-corrected chi connectivity index (χ1v) is 5.37. The van der Waals surface area contributed by atoms with Crippen molar-refractivity contribution in [2.24, 2.45) is 0 Å². The zero-order valence-corrected chi connectivity index (χ0v) is 10.0. The summed E-state index contributed by atoms with van der Waals surface area (Å²) in [7, 11) is 0. The van der Waals surface area contributed by atoms with Crippen molar-refractivity contribution in [1.82, 2.24) is 0 Å². The first-order valence-electron chi connectivity index (χ1n) is 5.37. The molecule has 4 nitrogen and oxygen atoms in total. The summed E-state index contributed by atoms with van der Waals surface area (Å²) in [5, 5.41) is 18.9. The largest absolute Gasteiger partial charge is 0.456 e. The van der Waals surface area contributed by atoms with Gasteiger partial charge in [0.2, 0.25) is 0 Å². The normalized spacial score (nSPS) is 12.7. The van der Waals surface area contributed by atoms with Gasteiger partial charge in [-0.25, -0.2) is 4.79 Å². The molecule has 0 aromatic rings. The van der Waals surface area contributed by atoms with Gasteiger partial charge in [0.05, 0.1) is 0 Å². The summed E-state index contributed by atoms with van der Waals surface area (Å²) in [6.45, 7) is 7.07. The topological polar surface area (TPSA) is 66.8 Å². The van der Waals surface area contributed by atoms with Crippen molar-refractivity contribution in [3.63, 3.8) is 0 Å². The standard InChI is InChI=1S/C11H22O4/c1-5-6-7-8-11(13,14)9(12)15-10(2,3)4/h13-14H,5-8H2,1-4H3. The van der Waals surface area contributed by atoms with Crippen LogP contribution < -0.4 is 0 Å². The molecule has 0 aromatic carbocycles. The summed E-state index contributed by atoms with van der Waals surface area (Å²) in [5.41, 5.74) is -0.696. The smallest absolute Gasteiger partial charge is 0.366 e. The quantitative estimate of drug-likeness (QED) is 0.418. The Kier molecular flexibility index (Phi) is 5.24. The third-order valence-electron chi connectivity index (χ3n) is 1.85. The number of aliphatic hydroxyl groups is 2. The van der Waals surface area contributed by atoms with E-state index in [1.54, 1.807) is 20.8 Å². The maximum atomic E-state index is 11.4. The lowest BCUT2D eigenvalue weighted by Gasteiger charge is -2.26. The van der Waals surface area contributed by atoms with Gasteiger partial charge >= 0.3 is 5.97 Å². The van der Waals surface area contributed by atoms with Crippen LogP contribution in [0.25, 0.3) is 0 Å². The van der Waals surface area contributed by atoms with Gasteiger partial charge in [0.25, 0.3) is 5.79 Å². The Balaban J connectivity index is 4.14. The van der Waals surface area contributed by atoms with E-state index in [-0.39, 0.29) is 6.42 Å². The fraction of sp³-hybridized carbons (Fsp3) is 0.909. The maximum Gasteiger partial charge on any atom is 0.366 e. The van der Waals surface area contributed by atoms with Gasteiger partial charge in [-0.05, 0) is 27.2 Å². The third kappa shape index (κ3) is 6.47. The van der Waals surface area contributed by atoms with Gasteiger partial charge in [-0.1, -0.05) is 19.8 Å². The molecule has 0 saturated carbocycles. The monoisotopic (exact) mass is 218 g/mol. The maximum absolute atomic E-state index is 11.4. The van der Waals surface area contributed by atoms with Crippen LogP contribution in [0.5, 0.6) is 0 Å². The Bertz CT molecular complexity index is 203. The van der Waals surface area contributed by atoms with Crippen molar-refractivity contribution < 1.29 is 19.7 Å². The minimum Gasteiger partial charge on any atom is -0.456 e. The molecule has 0 aliphatic rings. The molecule has 2 N–H and O–H groups in total. The van der Waals surface area contributed by atoms with Crippen LogP contribution in [0.1, 0.15) is 53.4 Å². The second kappa shape index (κ2) is 5.47. The van der Waals surface area contributed by atoms with E-state index in [0.717, 1.165) is 12.8 Å². The number of rotatable bonds is 5. The molecule has 0 amide bonds. The molecule has 0 bridgehead atoms. The predicted molar refractivity (Wildman–Crippen MR) is 57.2 cm³/mol. The molecule has 0 fully saturated rings. The summed E-state index contributed by atoms with van der Waals surface area (Å²) in [5.74, 6) is -3.31. The van der Waals surface area contributed by atoms with Crippen LogP contribution in [0.2, 0.25) is 0 Å². The third-order valence-corrected chi connectivity index (χ3v) is 1.85. The SMILES string of the molecule is CCCCCC(O)(O)C(=O)OC(C)(C)C. The summed E-state index contributed by atoms with van der Waals surface area (Å²) >= 11 is 0. The average molecular weight is 218 g/mol. The number of unbranched alkanes of at least 4 members (excludes halogenated alkanes) is 2. The van der Waals surface area contributed by atoms with E-state index >= 15 is 0 Å². The Morgan fingerprint density at radius 1 is 1.20 bits per heavy atom. The highest BCUT2D eigenvalue weighted by Gasteiger charge is 2.36. The molecule has 0 radical (unpaired) electrons. The number of hydrogen-bond acceptors (Lipinski definition) is 4. The Hall–Kier alpha value is -0.610. The average Bonchev–Trinajstić information content (AvgIpc) is 2.01. The number of ether oxygens (including phenoxy) is 1. The van der Waals surface area contributed by atoms with E-state index in [1.807, 2.05) is 6.92 Å².